The topological polar surface area (TPSA) is 87.1 Å². The van der Waals surface area contributed by atoms with Crippen LogP contribution in [-0.4, -0.2) is 28.5 Å². The van der Waals surface area contributed by atoms with Gasteiger partial charge in [0.05, 0.1) is 23.9 Å². The average molecular weight is 458 g/mol. The number of para-hydroxylation sites is 2. The van der Waals surface area contributed by atoms with Crippen LogP contribution in [0.4, 0.5) is 5.69 Å². The van der Waals surface area contributed by atoms with Crippen molar-refractivity contribution in [1.82, 2.24) is 0 Å². The summed E-state index contributed by atoms with van der Waals surface area (Å²) in [6.07, 6.45) is 0. The Morgan fingerprint density at radius 2 is 1.74 bits per heavy atom. The van der Waals surface area contributed by atoms with Gasteiger partial charge in [0.15, 0.2) is 0 Å². The fraction of sp³-hybridized carbons (Fsp3) is 0.214. The number of phenolic OH excluding ortho intramolecular Hbond substituents is 1. The molecule has 1 aliphatic heterocycles. The lowest BCUT2D eigenvalue weighted by atomic mass is 9.94. The van der Waals surface area contributed by atoms with E-state index in [0.717, 1.165) is 5.56 Å². The summed E-state index contributed by atoms with van der Waals surface area (Å²) in [6.45, 7) is 6.48. The number of ketones is 1. The highest BCUT2D eigenvalue weighted by Crippen LogP contribution is 2.44. The first-order chi connectivity index (χ1) is 16.3. The Balaban J connectivity index is 1.89. The minimum absolute atomic E-state index is 0.0418. The van der Waals surface area contributed by atoms with E-state index in [0.29, 0.717) is 29.4 Å². The van der Waals surface area contributed by atoms with Crippen molar-refractivity contribution in [2.24, 2.45) is 5.92 Å². The molecule has 0 bridgehead atoms. The molecule has 1 aliphatic rings. The van der Waals surface area contributed by atoms with Gasteiger partial charge in [-0.05, 0) is 42.7 Å². The standard InChI is InChI=1S/C28H27NO5/c1-17(2)16-34-21-11-7-10-20(15-21)26(31)24-25(19-9-6-8-18(3)14-19)29(28(33)27(24)32)22-12-4-5-13-23(22)30/h4-15,17,25,30-31H,16H2,1-3H3/b26-24-. The van der Waals surface area contributed by atoms with E-state index < -0.39 is 17.7 Å². The number of rotatable bonds is 6. The Morgan fingerprint density at radius 1 is 1.00 bits per heavy atom. The summed E-state index contributed by atoms with van der Waals surface area (Å²) in [4.78, 5) is 27.7. The summed E-state index contributed by atoms with van der Waals surface area (Å²) >= 11 is 0. The smallest absolute Gasteiger partial charge is 0.300 e. The summed E-state index contributed by atoms with van der Waals surface area (Å²) in [5.74, 6) is -1.19. The van der Waals surface area contributed by atoms with Crippen LogP contribution in [-0.2, 0) is 9.59 Å². The van der Waals surface area contributed by atoms with Crippen LogP contribution in [0.25, 0.3) is 5.76 Å². The maximum absolute atomic E-state index is 13.3. The number of Topliss-reactive ketones (excluding diaryl/α,β-unsaturated/α-hetero) is 1. The van der Waals surface area contributed by atoms with Gasteiger partial charge in [-0.3, -0.25) is 14.5 Å². The molecule has 3 aromatic carbocycles. The maximum atomic E-state index is 13.3. The Hall–Kier alpha value is -4.06. The van der Waals surface area contributed by atoms with Crippen LogP contribution in [0.5, 0.6) is 11.5 Å². The third-order valence-electron chi connectivity index (χ3n) is 5.63. The van der Waals surface area contributed by atoms with Gasteiger partial charge in [-0.2, -0.15) is 0 Å². The molecule has 1 unspecified atom stereocenters. The van der Waals surface area contributed by atoms with E-state index in [-0.39, 0.29) is 22.8 Å². The summed E-state index contributed by atoms with van der Waals surface area (Å²) in [5.41, 5.74) is 2.11. The number of phenols is 1. The molecule has 0 aromatic heterocycles. The zero-order chi connectivity index (χ0) is 24.4. The Morgan fingerprint density at radius 3 is 2.44 bits per heavy atom. The maximum Gasteiger partial charge on any atom is 0.300 e. The Kier molecular flexibility index (Phi) is 6.41. The van der Waals surface area contributed by atoms with Gasteiger partial charge in [0.2, 0.25) is 0 Å². The zero-order valence-corrected chi connectivity index (χ0v) is 19.4. The second-order valence-corrected chi connectivity index (χ2v) is 8.80. The molecule has 0 spiro atoms. The van der Waals surface area contributed by atoms with Gasteiger partial charge in [-0.1, -0.05) is 67.9 Å². The molecule has 6 heteroatoms. The predicted octanol–water partition coefficient (Wildman–Crippen LogP) is 5.36. The number of aliphatic hydroxyl groups is 1. The quantitative estimate of drug-likeness (QED) is 0.296. The van der Waals surface area contributed by atoms with Gasteiger partial charge >= 0.3 is 0 Å². The number of anilines is 1. The van der Waals surface area contributed by atoms with Gasteiger partial charge < -0.3 is 14.9 Å². The van der Waals surface area contributed by atoms with E-state index >= 15 is 0 Å². The van der Waals surface area contributed by atoms with Crippen LogP contribution in [0.15, 0.2) is 78.4 Å². The molecule has 0 radical (unpaired) electrons. The van der Waals surface area contributed by atoms with E-state index in [9.17, 15) is 19.8 Å². The molecule has 0 aliphatic carbocycles. The van der Waals surface area contributed by atoms with Crippen molar-refractivity contribution in [2.45, 2.75) is 26.8 Å². The fourth-order valence-corrected chi connectivity index (χ4v) is 4.06. The second kappa shape index (κ2) is 9.43. The average Bonchev–Trinajstić information content (AvgIpc) is 3.08. The molecule has 174 valence electrons. The highest BCUT2D eigenvalue weighted by Gasteiger charge is 2.47. The number of aromatic hydroxyl groups is 1. The summed E-state index contributed by atoms with van der Waals surface area (Å²) < 4.78 is 5.77. The predicted molar refractivity (Wildman–Crippen MR) is 131 cm³/mol. The zero-order valence-electron chi connectivity index (χ0n) is 19.4. The van der Waals surface area contributed by atoms with Gasteiger partial charge in [0.25, 0.3) is 11.7 Å². The molecule has 1 heterocycles. The Bertz CT molecular complexity index is 1280. The summed E-state index contributed by atoms with van der Waals surface area (Å²) in [5, 5.41) is 21.8. The second-order valence-electron chi connectivity index (χ2n) is 8.80. The van der Waals surface area contributed by atoms with Gasteiger partial charge in [-0.25, -0.2) is 0 Å². The first-order valence-corrected chi connectivity index (χ1v) is 11.2. The van der Waals surface area contributed by atoms with Crippen molar-refractivity contribution in [3.05, 3.63) is 95.1 Å². The van der Waals surface area contributed by atoms with Crippen LogP contribution in [0.3, 0.4) is 0 Å². The van der Waals surface area contributed by atoms with Crippen LogP contribution < -0.4 is 9.64 Å². The van der Waals surface area contributed by atoms with Gasteiger partial charge in [0.1, 0.15) is 17.3 Å². The summed E-state index contributed by atoms with van der Waals surface area (Å²) in [6, 6.07) is 19.7. The highest BCUT2D eigenvalue weighted by atomic mass is 16.5. The molecular formula is C28H27NO5. The molecule has 2 N–H and O–H groups in total. The van der Waals surface area contributed by atoms with Crippen LogP contribution in [0.1, 0.15) is 36.6 Å². The van der Waals surface area contributed by atoms with Crippen LogP contribution in [0, 0.1) is 12.8 Å². The third-order valence-corrected chi connectivity index (χ3v) is 5.63. The lowest BCUT2D eigenvalue weighted by molar-refractivity contribution is -0.132. The van der Waals surface area contributed by atoms with E-state index in [4.69, 9.17) is 4.74 Å². The molecular weight excluding hydrogens is 430 g/mol. The lowest BCUT2D eigenvalue weighted by Gasteiger charge is -2.26. The number of carbonyl (C=O) groups excluding carboxylic acids is 2. The number of aliphatic hydroxyl groups excluding tert-OH is 1. The van der Waals surface area contributed by atoms with E-state index in [1.54, 1.807) is 48.5 Å². The molecule has 34 heavy (non-hydrogen) atoms. The van der Waals surface area contributed by atoms with Crippen molar-refractivity contribution < 1.29 is 24.5 Å². The minimum atomic E-state index is -0.909. The number of hydrogen-bond donors (Lipinski definition) is 2. The van der Waals surface area contributed by atoms with Gasteiger partial charge in [0, 0.05) is 5.56 Å². The molecule has 4 rings (SSSR count). The Labute approximate surface area is 198 Å². The van der Waals surface area contributed by atoms with E-state index in [1.165, 1.54) is 11.0 Å². The van der Waals surface area contributed by atoms with E-state index in [2.05, 4.69) is 0 Å². The largest absolute Gasteiger partial charge is 0.507 e. The molecule has 3 aromatic rings. The van der Waals surface area contributed by atoms with Gasteiger partial charge in [-0.15, -0.1) is 0 Å². The van der Waals surface area contributed by atoms with Crippen molar-refractivity contribution in [3.63, 3.8) is 0 Å². The minimum Gasteiger partial charge on any atom is -0.507 e. The molecule has 1 saturated heterocycles. The normalized spacial score (nSPS) is 17.4. The molecule has 1 atom stereocenters. The third kappa shape index (κ3) is 4.39. The number of carbonyl (C=O) groups is 2. The fourth-order valence-electron chi connectivity index (χ4n) is 4.06. The number of ether oxygens (including phenoxy) is 1. The first kappa shape index (κ1) is 23.1. The van der Waals surface area contributed by atoms with Crippen LogP contribution in [0.2, 0.25) is 0 Å². The summed E-state index contributed by atoms with van der Waals surface area (Å²) in [7, 11) is 0. The first-order valence-electron chi connectivity index (χ1n) is 11.2. The van der Waals surface area contributed by atoms with Crippen molar-refractivity contribution >= 4 is 23.1 Å². The van der Waals surface area contributed by atoms with E-state index in [1.807, 2.05) is 39.0 Å². The highest BCUT2D eigenvalue weighted by molar-refractivity contribution is 6.51. The number of aryl methyl sites for hydroxylation is 1. The molecule has 1 fully saturated rings. The number of amides is 1. The van der Waals surface area contributed by atoms with Crippen molar-refractivity contribution in [3.8, 4) is 11.5 Å². The SMILES string of the molecule is Cc1cccc(C2/C(=C(/O)c3cccc(OCC(C)C)c3)C(=O)C(=O)N2c2ccccc2O)c1. The number of hydrogen-bond acceptors (Lipinski definition) is 5. The molecule has 6 nitrogen and oxygen atoms in total. The van der Waals surface area contributed by atoms with Crippen molar-refractivity contribution in [2.75, 3.05) is 11.5 Å². The monoisotopic (exact) mass is 457 g/mol. The molecule has 1 amide bonds. The number of nitrogens with zero attached hydrogens (tertiary/aromatic N) is 1. The van der Waals surface area contributed by atoms with Crippen LogP contribution >= 0.6 is 0 Å². The van der Waals surface area contributed by atoms with Crippen molar-refractivity contribution in [1.29, 1.82) is 0 Å². The molecule has 0 saturated carbocycles. The lowest BCUT2D eigenvalue weighted by Crippen LogP contribution is -2.29. The number of benzene rings is 3.